The molecule has 2 nitrogen and oxygen atoms in total. The molecule has 0 saturated carbocycles. The number of aliphatic hydroxyl groups excluding tert-OH is 2. The summed E-state index contributed by atoms with van der Waals surface area (Å²) in [4.78, 5) is 0. The zero-order chi connectivity index (χ0) is 10.2. The first-order valence-corrected chi connectivity index (χ1v) is 5.70. The van der Waals surface area contributed by atoms with Crippen LogP contribution in [-0.2, 0) is 0 Å². The van der Waals surface area contributed by atoms with Gasteiger partial charge in [0.1, 0.15) is 0 Å². The molecule has 0 aromatic rings. The molecule has 3 heteroatoms. The summed E-state index contributed by atoms with van der Waals surface area (Å²) in [7, 11) is 0. The van der Waals surface area contributed by atoms with Crippen molar-refractivity contribution in [2.75, 3.05) is 19.0 Å². The molecule has 0 heterocycles. The lowest BCUT2D eigenvalue weighted by atomic mass is 9.80. The quantitative estimate of drug-likeness (QED) is 0.419. The standard InChI is InChI=1S/C10H22O2S/c1-2-5-10(8-11,9-12)6-3-4-7-13/h11-13H,2-9H2,1H3. The molecule has 0 radical (unpaired) electrons. The van der Waals surface area contributed by atoms with E-state index in [1.807, 2.05) is 0 Å². The Morgan fingerprint density at radius 2 is 1.69 bits per heavy atom. The van der Waals surface area contributed by atoms with Crippen molar-refractivity contribution in [3.8, 4) is 0 Å². The monoisotopic (exact) mass is 206 g/mol. The molecule has 0 aromatic heterocycles. The Balaban J connectivity index is 3.89. The van der Waals surface area contributed by atoms with Crippen LogP contribution < -0.4 is 0 Å². The zero-order valence-electron chi connectivity index (χ0n) is 8.50. The number of hydrogen-bond acceptors (Lipinski definition) is 3. The predicted octanol–water partition coefficient (Wildman–Crippen LogP) is 1.86. The Bertz CT molecular complexity index is 113. The van der Waals surface area contributed by atoms with Gasteiger partial charge in [-0.3, -0.25) is 0 Å². The fraction of sp³-hybridized carbons (Fsp3) is 1.00. The molecule has 0 aromatic carbocycles. The van der Waals surface area contributed by atoms with E-state index in [2.05, 4.69) is 19.6 Å². The topological polar surface area (TPSA) is 40.5 Å². The molecule has 0 atom stereocenters. The van der Waals surface area contributed by atoms with Gasteiger partial charge in [0.25, 0.3) is 0 Å². The zero-order valence-corrected chi connectivity index (χ0v) is 9.39. The fourth-order valence-electron chi connectivity index (χ4n) is 1.63. The summed E-state index contributed by atoms with van der Waals surface area (Å²) >= 11 is 4.14. The van der Waals surface area contributed by atoms with Crippen molar-refractivity contribution in [1.29, 1.82) is 0 Å². The van der Waals surface area contributed by atoms with Gasteiger partial charge in [-0.05, 0) is 25.0 Å². The summed E-state index contributed by atoms with van der Waals surface area (Å²) in [5.41, 5.74) is -0.238. The van der Waals surface area contributed by atoms with E-state index in [4.69, 9.17) is 0 Å². The summed E-state index contributed by atoms with van der Waals surface area (Å²) in [5, 5.41) is 18.5. The van der Waals surface area contributed by atoms with Crippen molar-refractivity contribution < 1.29 is 10.2 Å². The highest BCUT2D eigenvalue weighted by Gasteiger charge is 2.26. The van der Waals surface area contributed by atoms with Crippen LogP contribution in [0, 0.1) is 5.41 Å². The summed E-state index contributed by atoms with van der Waals surface area (Å²) < 4.78 is 0. The highest BCUT2D eigenvalue weighted by Crippen LogP contribution is 2.29. The molecular formula is C10H22O2S. The summed E-state index contributed by atoms with van der Waals surface area (Å²) in [6.07, 6.45) is 4.95. The van der Waals surface area contributed by atoms with E-state index in [1.54, 1.807) is 0 Å². The molecule has 0 amide bonds. The van der Waals surface area contributed by atoms with E-state index in [0.717, 1.165) is 37.9 Å². The maximum Gasteiger partial charge on any atom is 0.0509 e. The van der Waals surface area contributed by atoms with E-state index < -0.39 is 0 Å². The summed E-state index contributed by atoms with van der Waals surface area (Å²) in [6, 6.07) is 0. The third-order valence-corrected chi connectivity index (χ3v) is 2.88. The first kappa shape index (κ1) is 13.3. The van der Waals surface area contributed by atoms with Gasteiger partial charge in [0.05, 0.1) is 13.2 Å². The molecule has 0 fully saturated rings. The van der Waals surface area contributed by atoms with Crippen molar-refractivity contribution >= 4 is 12.6 Å². The van der Waals surface area contributed by atoms with Gasteiger partial charge < -0.3 is 10.2 Å². The minimum Gasteiger partial charge on any atom is -0.396 e. The van der Waals surface area contributed by atoms with Gasteiger partial charge in [-0.2, -0.15) is 12.6 Å². The van der Waals surface area contributed by atoms with Gasteiger partial charge in [0.2, 0.25) is 0 Å². The van der Waals surface area contributed by atoms with Crippen LogP contribution >= 0.6 is 12.6 Å². The van der Waals surface area contributed by atoms with Crippen LogP contribution in [0.5, 0.6) is 0 Å². The third-order valence-electron chi connectivity index (χ3n) is 2.57. The highest BCUT2D eigenvalue weighted by atomic mass is 32.1. The van der Waals surface area contributed by atoms with Gasteiger partial charge in [-0.15, -0.1) is 0 Å². The minimum atomic E-state index is -0.238. The SMILES string of the molecule is CCCC(CO)(CO)CCCCS. The minimum absolute atomic E-state index is 0.101. The van der Waals surface area contributed by atoms with Crippen LogP contribution in [0.15, 0.2) is 0 Å². The Morgan fingerprint density at radius 3 is 2.08 bits per heavy atom. The van der Waals surface area contributed by atoms with Crippen molar-refractivity contribution in [3.05, 3.63) is 0 Å². The molecule has 0 aliphatic rings. The van der Waals surface area contributed by atoms with E-state index >= 15 is 0 Å². The third kappa shape index (κ3) is 4.89. The summed E-state index contributed by atoms with van der Waals surface area (Å²) in [5.74, 6) is 0.888. The van der Waals surface area contributed by atoms with Crippen molar-refractivity contribution in [3.63, 3.8) is 0 Å². The second kappa shape index (κ2) is 7.65. The van der Waals surface area contributed by atoms with Crippen molar-refractivity contribution in [1.82, 2.24) is 0 Å². The second-order valence-electron chi connectivity index (χ2n) is 3.75. The van der Waals surface area contributed by atoms with Crippen LogP contribution in [0.25, 0.3) is 0 Å². The van der Waals surface area contributed by atoms with Crippen LogP contribution in [0.2, 0.25) is 0 Å². The summed E-state index contributed by atoms with van der Waals surface area (Å²) in [6.45, 7) is 2.28. The molecule has 0 aliphatic carbocycles. The van der Waals surface area contributed by atoms with Gasteiger partial charge in [0.15, 0.2) is 0 Å². The van der Waals surface area contributed by atoms with Gasteiger partial charge in [0, 0.05) is 5.41 Å². The first-order valence-electron chi connectivity index (χ1n) is 5.07. The molecule has 0 aliphatic heterocycles. The molecule has 0 saturated heterocycles. The number of rotatable bonds is 8. The van der Waals surface area contributed by atoms with E-state index in [-0.39, 0.29) is 18.6 Å². The molecular weight excluding hydrogens is 184 g/mol. The highest BCUT2D eigenvalue weighted by molar-refractivity contribution is 7.80. The first-order chi connectivity index (χ1) is 6.24. The van der Waals surface area contributed by atoms with Crippen LogP contribution in [0.3, 0.4) is 0 Å². The van der Waals surface area contributed by atoms with E-state index in [0.29, 0.717) is 0 Å². The molecule has 0 spiro atoms. The molecule has 80 valence electrons. The fourth-order valence-corrected chi connectivity index (χ4v) is 1.86. The average Bonchev–Trinajstić information content (AvgIpc) is 2.17. The second-order valence-corrected chi connectivity index (χ2v) is 4.19. The predicted molar refractivity (Wildman–Crippen MR) is 59.2 cm³/mol. The normalized spacial score (nSPS) is 12.0. The maximum atomic E-state index is 9.23. The molecule has 0 bridgehead atoms. The Hall–Kier alpha value is 0.270. The Morgan fingerprint density at radius 1 is 1.08 bits per heavy atom. The molecule has 2 N–H and O–H groups in total. The van der Waals surface area contributed by atoms with E-state index in [9.17, 15) is 10.2 Å². The Labute approximate surface area is 86.8 Å². The van der Waals surface area contributed by atoms with Crippen LogP contribution in [0.4, 0.5) is 0 Å². The number of hydrogen-bond donors (Lipinski definition) is 3. The molecule has 13 heavy (non-hydrogen) atoms. The lowest BCUT2D eigenvalue weighted by Gasteiger charge is -2.29. The smallest absolute Gasteiger partial charge is 0.0509 e. The molecule has 0 rings (SSSR count). The number of thiol groups is 1. The van der Waals surface area contributed by atoms with E-state index in [1.165, 1.54) is 0 Å². The van der Waals surface area contributed by atoms with Crippen molar-refractivity contribution in [2.45, 2.75) is 39.0 Å². The Kier molecular flexibility index (Phi) is 7.81. The molecule has 0 unspecified atom stereocenters. The number of aliphatic hydroxyl groups is 2. The number of unbranched alkanes of at least 4 members (excludes halogenated alkanes) is 1. The van der Waals surface area contributed by atoms with Crippen LogP contribution in [-0.4, -0.2) is 29.2 Å². The maximum absolute atomic E-state index is 9.23. The van der Waals surface area contributed by atoms with Gasteiger partial charge in [-0.1, -0.05) is 19.8 Å². The average molecular weight is 206 g/mol. The lowest BCUT2D eigenvalue weighted by Crippen LogP contribution is -2.29. The van der Waals surface area contributed by atoms with Gasteiger partial charge in [-0.25, -0.2) is 0 Å². The van der Waals surface area contributed by atoms with Crippen LogP contribution in [0.1, 0.15) is 39.0 Å². The lowest BCUT2D eigenvalue weighted by molar-refractivity contribution is 0.0374. The van der Waals surface area contributed by atoms with Crippen molar-refractivity contribution in [2.24, 2.45) is 5.41 Å². The largest absolute Gasteiger partial charge is 0.396 e. The van der Waals surface area contributed by atoms with Gasteiger partial charge >= 0.3 is 0 Å².